The number of hydrogen-bond donors (Lipinski definition) is 0. The van der Waals surface area contributed by atoms with Crippen LogP contribution in [0.2, 0.25) is 0 Å². The van der Waals surface area contributed by atoms with Crippen LogP contribution in [0.5, 0.6) is 17.2 Å². The Morgan fingerprint density at radius 1 is 1.00 bits per heavy atom. The number of urea groups is 1. The van der Waals surface area contributed by atoms with Crippen molar-refractivity contribution in [3.05, 3.63) is 47.5 Å². The molecule has 0 N–H and O–H groups in total. The third-order valence-electron chi connectivity index (χ3n) is 7.07. The maximum atomic E-state index is 13.6. The SMILES string of the molecule is CCCCCOc1cc(N2CCCN(Cc3ccc(C4CN(C=O)CCO4)cc3OC)C2=O)ccc1OC. The van der Waals surface area contributed by atoms with E-state index in [-0.39, 0.29) is 12.1 Å². The molecule has 38 heavy (non-hydrogen) atoms. The standard InChI is InChI=1S/C29H39N3O6/c1-4-5-6-15-37-27-18-24(10-11-25(27)35-2)32-13-7-12-31(29(32)34)19-23-9-8-22(17-26(23)36-3)28-20-30(21-33)14-16-38-28/h8-11,17-18,21,28H,4-7,12-16,19-20H2,1-3H3. The van der Waals surface area contributed by atoms with Crippen molar-refractivity contribution in [1.82, 2.24) is 9.80 Å². The minimum atomic E-state index is -0.197. The largest absolute Gasteiger partial charge is 0.496 e. The van der Waals surface area contributed by atoms with Gasteiger partial charge in [-0.05, 0) is 36.6 Å². The fourth-order valence-corrected chi connectivity index (χ4v) is 4.91. The second-order valence-electron chi connectivity index (χ2n) is 9.63. The summed E-state index contributed by atoms with van der Waals surface area (Å²) in [6.45, 7) is 6.12. The molecule has 0 bridgehead atoms. The summed E-state index contributed by atoms with van der Waals surface area (Å²) in [4.78, 5) is 30.1. The molecule has 1 unspecified atom stereocenters. The molecule has 2 heterocycles. The highest BCUT2D eigenvalue weighted by molar-refractivity contribution is 5.93. The molecule has 2 aromatic rings. The minimum absolute atomic E-state index is 0.0540. The molecule has 0 saturated carbocycles. The van der Waals surface area contributed by atoms with Gasteiger partial charge in [0.2, 0.25) is 6.41 Å². The number of ether oxygens (including phenoxy) is 4. The molecule has 206 valence electrons. The lowest BCUT2D eigenvalue weighted by molar-refractivity contribution is -0.125. The predicted octanol–water partition coefficient (Wildman–Crippen LogP) is 4.63. The highest BCUT2D eigenvalue weighted by atomic mass is 16.5. The lowest BCUT2D eigenvalue weighted by Crippen LogP contribution is -2.49. The average Bonchev–Trinajstić information content (AvgIpc) is 2.96. The zero-order valence-corrected chi connectivity index (χ0v) is 22.7. The zero-order chi connectivity index (χ0) is 26.9. The predicted molar refractivity (Wildman–Crippen MR) is 145 cm³/mol. The summed E-state index contributed by atoms with van der Waals surface area (Å²) in [5.41, 5.74) is 2.67. The Morgan fingerprint density at radius 2 is 1.84 bits per heavy atom. The molecule has 2 aromatic carbocycles. The van der Waals surface area contributed by atoms with Gasteiger partial charge in [0.25, 0.3) is 0 Å². The van der Waals surface area contributed by atoms with Crippen LogP contribution in [0.3, 0.4) is 0 Å². The van der Waals surface area contributed by atoms with E-state index in [4.69, 9.17) is 18.9 Å². The van der Waals surface area contributed by atoms with E-state index in [1.807, 2.05) is 41.3 Å². The minimum Gasteiger partial charge on any atom is -0.496 e. The van der Waals surface area contributed by atoms with Crippen LogP contribution in [0.25, 0.3) is 0 Å². The Balaban J connectivity index is 1.47. The second kappa shape index (κ2) is 13.4. The highest BCUT2D eigenvalue weighted by Crippen LogP contribution is 2.34. The lowest BCUT2D eigenvalue weighted by atomic mass is 10.0. The molecule has 0 spiro atoms. The molecule has 2 fully saturated rings. The third kappa shape index (κ3) is 6.51. The van der Waals surface area contributed by atoms with Gasteiger partial charge in [-0.2, -0.15) is 0 Å². The Bertz CT molecular complexity index is 1090. The summed E-state index contributed by atoms with van der Waals surface area (Å²) < 4.78 is 23.1. The van der Waals surface area contributed by atoms with Crippen molar-refractivity contribution in [2.45, 2.75) is 45.3 Å². The molecule has 3 amide bonds. The highest BCUT2D eigenvalue weighted by Gasteiger charge is 2.29. The molecular formula is C29H39N3O6. The van der Waals surface area contributed by atoms with Crippen LogP contribution in [0.4, 0.5) is 10.5 Å². The van der Waals surface area contributed by atoms with Crippen LogP contribution < -0.4 is 19.1 Å². The van der Waals surface area contributed by atoms with Crippen molar-refractivity contribution in [3.8, 4) is 17.2 Å². The van der Waals surface area contributed by atoms with Crippen LogP contribution in [0, 0.1) is 0 Å². The molecule has 0 aromatic heterocycles. The summed E-state index contributed by atoms with van der Waals surface area (Å²) in [5.74, 6) is 2.02. The van der Waals surface area contributed by atoms with Gasteiger partial charge in [-0.25, -0.2) is 4.79 Å². The van der Waals surface area contributed by atoms with E-state index in [0.29, 0.717) is 63.2 Å². The van der Waals surface area contributed by atoms with E-state index < -0.39 is 0 Å². The van der Waals surface area contributed by atoms with Gasteiger partial charge in [0.05, 0.1) is 40.5 Å². The molecule has 2 aliphatic rings. The first-order valence-electron chi connectivity index (χ1n) is 13.4. The van der Waals surface area contributed by atoms with E-state index in [9.17, 15) is 9.59 Å². The summed E-state index contributed by atoms with van der Waals surface area (Å²) in [6.07, 6.45) is 4.72. The van der Waals surface area contributed by atoms with Gasteiger partial charge < -0.3 is 28.7 Å². The van der Waals surface area contributed by atoms with Crippen LogP contribution in [0.1, 0.15) is 49.8 Å². The van der Waals surface area contributed by atoms with Crippen molar-refractivity contribution >= 4 is 18.1 Å². The number of carbonyl (C=O) groups excluding carboxylic acids is 2. The Morgan fingerprint density at radius 3 is 2.61 bits per heavy atom. The van der Waals surface area contributed by atoms with Gasteiger partial charge in [0, 0.05) is 37.0 Å². The van der Waals surface area contributed by atoms with E-state index >= 15 is 0 Å². The first kappa shape index (κ1) is 27.6. The Labute approximate surface area is 225 Å². The van der Waals surface area contributed by atoms with E-state index in [2.05, 4.69) is 6.92 Å². The summed E-state index contributed by atoms with van der Waals surface area (Å²) in [7, 11) is 3.25. The molecular weight excluding hydrogens is 486 g/mol. The van der Waals surface area contributed by atoms with Gasteiger partial charge >= 0.3 is 6.03 Å². The molecule has 1 atom stereocenters. The fraction of sp³-hybridized carbons (Fsp3) is 0.517. The smallest absolute Gasteiger partial charge is 0.324 e. The summed E-state index contributed by atoms with van der Waals surface area (Å²) >= 11 is 0. The van der Waals surface area contributed by atoms with Crippen molar-refractivity contribution in [1.29, 1.82) is 0 Å². The van der Waals surface area contributed by atoms with Crippen molar-refractivity contribution in [2.75, 3.05) is 58.5 Å². The molecule has 2 aliphatic heterocycles. The topological polar surface area (TPSA) is 80.8 Å². The van der Waals surface area contributed by atoms with Gasteiger partial charge in [-0.15, -0.1) is 0 Å². The number of benzene rings is 2. The molecule has 9 heteroatoms. The third-order valence-corrected chi connectivity index (χ3v) is 7.07. The molecule has 9 nitrogen and oxygen atoms in total. The number of nitrogens with zero attached hydrogens (tertiary/aromatic N) is 3. The fourth-order valence-electron chi connectivity index (χ4n) is 4.91. The molecule has 2 saturated heterocycles. The van der Waals surface area contributed by atoms with Gasteiger partial charge in [-0.3, -0.25) is 9.69 Å². The summed E-state index contributed by atoms with van der Waals surface area (Å²) in [6, 6.07) is 11.5. The van der Waals surface area contributed by atoms with E-state index in [0.717, 1.165) is 48.9 Å². The number of amides is 3. The Hall–Kier alpha value is -3.46. The van der Waals surface area contributed by atoms with Crippen molar-refractivity contribution in [2.24, 2.45) is 0 Å². The summed E-state index contributed by atoms with van der Waals surface area (Å²) in [5, 5.41) is 0. The van der Waals surface area contributed by atoms with E-state index in [1.165, 1.54) is 0 Å². The maximum Gasteiger partial charge on any atom is 0.324 e. The van der Waals surface area contributed by atoms with Crippen LogP contribution in [-0.2, 0) is 16.1 Å². The quantitative estimate of drug-likeness (QED) is 0.297. The van der Waals surface area contributed by atoms with Crippen LogP contribution >= 0.6 is 0 Å². The van der Waals surface area contributed by atoms with Crippen LogP contribution in [0.15, 0.2) is 36.4 Å². The number of anilines is 1. The lowest BCUT2D eigenvalue weighted by Gasteiger charge is -2.36. The second-order valence-corrected chi connectivity index (χ2v) is 9.63. The molecule has 4 rings (SSSR count). The average molecular weight is 526 g/mol. The number of unbranched alkanes of at least 4 members (excludes halogenated alkanes) is 2. The number of carbonyl (C=O) groups is 2. The van der Waals surface area contributed by atoms with Crippen LogP contribution in [-0.4, -0.2) is 75.9 Å². The number of hydrogen-bond acceptors (Lipinski definition) is 6. The zero-order valence-electron chi connectivity index (χ0n) is 22.7. The normalized spacial score (nSPS) is 17.9. The number of morpholine rings is 1. The van der Waals surface area contributed by atoms with Crippen molar-refractivity contribution in [3.63, 3.8) is 0 Å². The van der Waals surface area contributed by atoms with E-state index in [1.54, 1.807) is 24.0 Å². The first-order valence-corrected chi connectivity index (χ1v) is 13.4. The van der Waals surface area contributed by atoms with Gasteiger partial charge in [0.15, 0.2) is 11.5 Å². The Kier molecular flexibility index (Phi) is 9.70. The van der Waals surface area contributed by atoms with Crippen molar-refractivity contribution < 1.29 is 28.5 Å². The number of methoxy groups -OCH3 is 2. The van der Waals surface area contributed by atoms with Gasteiger partial charge in [-0.1, -0.05) is 31.9 Å². The monoisotopic (exact) mass is 525 g/mol. The van der Waals surface area contributed by atoms with Gasteiger partial charge in [0.1, 0.15) is 11.9 Å². The molecule has 0 aliphatic carbocycles. The number of rotatable bonds is 12. The molecule has 0 radical (unpaired) electrons. The first-order chi connectivity index (χ1) is 18.6. The maximum absolute atomic E-state index is 13.6.